The molecule has 0 saturated heterocycles. The predicted octanol–water partition coefficient (Wildman–Crippen LogP) is 6.15. The van der Waals surface area contributed by atoms with Gasteiger partial charge in [-0.3, -0.25) is 0 Å². The molecule has 1 unspecified atom stereocenters. The first-order valence-electron chi connectivity index (χ1n) is 9.92. The van der Waals surface area contributed by atoms with E-state index in [0.717, 1.165) is 35.7 Å². The van der Waals surface area contributed by atoms with Gasteiger partial charge in [-0.1, -0.05) is 38.0 Å². The van der Waals surface area contributed by atoms with E-state index in [4.69, 9.17) is 4.74 Å². The van der Waals surface area contributed by atoms with Crippen molar-refractivity contribution in [1.82, 2.24) is 4.98 Å². The number of nitrogens with one attached hydrogen (secondary N) is 1. The highest BCUT2D eigenvalue weighted by Gasteiger charge is 2.20. The van der Waals surface area contributed by atoms with E-state index in [1.54, 1.807) is 6.07 Å². The first-order chi connectivity index (χ1) is 13.3. The van der Waals surface area contributed by atoms with E-state index in [2.05, 4.69) is 30.1 Å². The zero-order valence-corrected chi connectivity index (χ0v) is 17.1. The van der Waals surface area contributed by atoms with Crippen LogP contribution >= 0.6 is 0 Å². The van der Waals surface area contributed by atoms with Crippen molar-refractivity contribution in [2.24, 2.45) is 0 Å². The van der Waals surface area contributed by atoms with Gasteiger partial charge >= 0.3 is 5.97 Å². The number of aromatic nitrogens is 1. The van der Waals surface area contributed by atoms with Crippen molar-refractivity contribution >= 4 is 16.9 Å². The summed E-state index contributed by atoms with van der Waals surface area (Å²) in [5.41, 5.74) is 3.14. The molecule has 28 heavy (non-hydrogen) atoms. The summed E-state index contributed by atoms with van der Waals surface area (Å²) in [6.07, 6.45) is 3.23. The second kappa shape index (κ2) is 8.09. The molecular formula is C24H29NO3. The summed E-state index contributed by atoms with van der Waals surface area (Å²) in [6, 6.07) is 15.6. The van der Waals surface area contributed by atoms with Crippen LogP contribution in [0.15, 0.2) is 48.5 Å². The average Bonchev–Trinajstić information content (AvgIpc) is 3.04. The number of esters is 1. The Labute approximate surface area is 166 Å². The number of aromatic amines is 1. The Morgan fingerprint density at radius 2 is 1.86 bits per heavy atom. The zero-order chi connectivity index (χ0) is 20.3. The van der Waals surface area contributed by atoms with Crippen molar-refractivity contribution in [3.8, 4) is 5.75 Å². The molecule has 0 aliphatic carbocycles. The van der Waals surface area contributed by atoms with Crippen LogP contribution in [-0.2, 0) is 4.74 Å². The number of hydrogen-bond donors (Lipinski definition) is 2. The second-order valence-electron chi connectivity index (χ2n) is 8.32. The third kappa shape index (κ3) is 4.75. The lowest BCUT2D eigenvalue weighted by Crippen LogP contribution is -2.24. The maximum atomic E-state index is 12.4. The first kappa shape index (κ1) is 20.0. The number of ether oxygens (including phenoxy) is 1. The molecule has 2 aromatic carbocycles. The van der Waals surface area contributed by atoms with Crippen LogP contribution in [0.2, 0.25) is 0 Å². The van der Waals surface area contributed by atoms with E-state index in [1.807, 2.05) is 45.0 Å². The van der Waals surface area contributed by atoms with Crippen molar-refractivity contribution in [3.05, 3.63) is 65.4 Å². The molecule has 0 fully saturated rings. The molecule has 1 aromatic heterocycles. The molecule has 0 saturated carbocycles. The highest BCUT2D eigenvalue weighted by Crippen LogP contribution is 2.33. The molecule has 0 bridgehead atoms. The molecule has 2 N–H and O–H groups in total. The third-order valence-corrected chi connectivity index (χ3v) is 4.78. The van der Waals surface area contributed by atoms with Crippen LogP contribution in [0.3, 0.4) is 0 Å². The number of benzene rings is 2. The fourth-order valence-corrected chi connectivity index (χ4v) is 3.49. The minimum Gasteiger partial charge on any atom is -0.508 e. The monoisotopic (exact) mass is 379 g/mol. The van der Waals surface area contributed by atoms with Gasteiger partial charge in [0, 0.05) is 16.8 Å². The number of phenols is 1. The number of fused-ring (bicyclic) bond motifs is 1. The van der Waals surface area contributed by atoms with Gasteiger partial charge < -0.3 is 14.8 Å². The van der Waals surface area contributed by atoms with E-state index in [0.29, 0.717) is 5.69 Å². The largest absolute Gasteiger partial charge is 0.508 e. The SMILES string of the molecule is CCCCC(c1cccc(O)c1)c1ccc2[nH]c(C(=O)OC(C)(C)C)cc2c1. The van der Waals surface area contributed by atoms with Gasteiger partial charge in [-0.05, 0) is 68.7 Å². The van der Waals surface area contributed by atoms with Crippen molar-refractivity contribution < 1.29 is 14.6 Å². The molecule has 3 aromatic rings. The molecule has 0 aliphatic rings. The van der Waals surface area contributed by atoms with Crippen LogP contribution in [0.4, 0.5) is 0 Å². The van der Waals surface area contributed by atoms with Crippen LogP contribution in [0.5, 0.6) is 5.75 Å². The quantitative estimate of drug-likeness (QED) is 0.505. The van der Waals surface area contributed by atoms with Crippen LogP contribution in [0.1, 0.15) is 74.5 Å². The maximum Gasteiger partial charge on any atom is 0.355 e. The summed E-state index contributed by atoms with van der Waals surface area (Å²) in [4.78, 5) is 15.5. The normalized spacial score (nSPS) is 12.9. The summed E-state index contributed by atoms with van der Waals surface area (Å²) in [5.74, 6) is 0.144. The van der Waals surface area contributed by atoms with Gasteiger partial charge in [-0.2, -0.15) is 0 Å². The second-order valence-corrected chi connectivity index (χ2v) is 8.32. The van der Waals surface area contributed by atoms with E-state index in [9.17, 15) is 9.90 Å². The number of carbonyl (C=O) groups excluding carboxylic acids is 1. The van der Waals surface area contributed by atoms with Gasteiger partial charge in [-0.25, -0.2) is 4.79 Å². The summed E-state index contributed by atoms with van der Waals surface area (Å²) in [6.45, 7) is 7.76. The zero-order valence-electron chi connectivity index (χ0n) is 17.1. The molecule has 3 rings (SSSR count). The van der Waals surface area contributed by atoms with Crippen molar-refractivity contribution in [2.75, 3.05) is 0 Å². The van der Waals surface area contributed by atoms with Gasteiger partial charge in [0.25, 0.3) is 0 Å². The smallest absolute Gasteiger partial charge is 0.355 e. The van der Waals surface area contributed by atoms with Crippen LogP contribution in [-0.4, -0.2) is 21.7 Å². The summed E-state index contributed by atoms with van der Waals surface area (Å²) >= 11 is 0. The number of H-pyrrole nitrogens is 1. The first-order valence-corrected chi connectivity index (χ1v) is 9.92. The number of carbonyl (C=O) groups is 1. The maximum absolute atomic E-state index is 12.4. The lowest BCUT2D eigenvalue weighted by atomic mass is 9.86. The Bertz CT molecular complexity index is 965. The molecule has 0 radical (unpaired) electrons. The minimum absolute atomic E-state index is 0.205. The van der Waals surface area contributed by atoms with Gasteiger partial charge in [0.1, 0.15) is 17.0 Å². The average molecular weight is 380 g/mol. The standard InChI is InChI=1S/C24H29NO3/c1-5-6-10-20(16-8-7-9-19(26)14-16)17-11-12-21-18(13-17)15-22(25-21)23(27)28-24(2,3)4/h7-9,11-15,20,25-26H,5-6,10H2,1-4H3. The molecule has 148 valence electrons. The van der Waals surface area contributed by atoms with Crippen molar-refractivity contribution in [2.45, 2.75) is 58.5 Å². The Morgan fingerprint density at radius 1 is 1.11 bits per heavy atom. The molecule has 4 nitrogen and oxygen atoms in total. The minimum atomic E-state index is -0.528. The summed E-state index contributed by atoms with van der Waals surface area (Å²) in [5, 5.41) is 10.9. The Morgan fingerprint density at radius 3 is 2.54 bits per heavy atom. The molecule has 0 aliphatic heterocycles. The van der Waals surface area contributed by atoms with Crippen LogP contribution in [0, 0.1) is 0 Å². The van der Waals surface area contributed by atoms with Crippen molar-refractivity contribution in [3.63, 3.8) is 0 Å². The number of aromatic hydroxyl groups is 1. The Balaban J connectivity index is 1.95. The predicted molar refractivity (Wildman–Crippen MR) is 113 cm³/mol. The van der Waals surface area contributed by atoms with E-state index < -0.39 is 5.60 Å². The lowest BCUT2D eigenvalue weighted by Gasteiger charge is -2.18. The van der Waals surface area contributed by atoms with Gasteiger partial charge in [0.15, 0.2) is 0 Å². The summed E-state index contributed by atoms with van der Waals surface area (Å²) in [7, 11) is 0. The number of unbranched alkanes of at least 4 members (excludes halogenated alkanes) is 1. The van der Waals surface area contributed by atoms with E-state index in [-0.39, 0.29) is 17.6 Å². The van der Waals surface area contributed by atoms with Crippen LogP contribution < -0.4 is 0 Å². The number of hydrogen-bond acceptors (Lipinski definition) is 3. The summed E-state index contributed by atoms with van der Waals surface area (Å²) < 4.78 is 5.47. The highest BCUT2D eigenvalue weighted by atomic mass is 16.6. The van der Waals surface area contributed by atoms with E-state index in [1.165, 1.54) is 5.56 Å². The van der Waals surface area contributed by atoms with Gasteiger partial charge in [-0.15, -0.1) is 0 Å². The molecule has 1 heterocycles. The fourth-order valence-electron chi connectivity index (χ4n) is 3.49. The van der Waals surface area contributed by atoms with Gasteiger partial charge in [0.05, 0.1) is 0 Å². The molecule has 4 heteroatoms. The Hall–Kier alpha value is -2.75. The molecular weight excluding hydrogens is 350 g/mol. The lowest BCUT2D eigenvalue weighted by molar-refractivity contribution is 0.00639. The van der Waals surface area contributed by atoms with E-state index >= 15 is 0 Å². The van der Waals surface area contributed by atoms with Crippen molar-refractivity contribution in [1.29, 1.82) is 0 Å². The fraction of sp³-hybridized carbons (Fsp3) is 0.375. The Kier molecular flexibility index (Phi) is 5.78. The number of phenolic OH excluding ortho intramolecular Hbond substituents is 1. The molecule has 0 spiro atoms. The molecule has 0 amide bonds. The van der Waals surface area contributed by atoms with Crippen LogP contribution in [0.25, 0.3) is 10.9 Å². The number of rotatable bonds is 6. The third-order valence-electron chi connectivity index (χ3n) is 4.78. The topological polar surface area (TPSA) is 62.3 Å². The van der Waals surface area contributed by atoms with Gasteiger partial charge in [0.2, 0.25) is 0 Å². The molecule has 1 atom stereocenters. The highest BCUT2D eigenvalue weighted by molar-refractivity contribution is 5.95.